The van der Waals surface area contributed by atoms with Crippen LogP contribution < -0.4 is 0 Å². The third-order valence-corrected chi connectivity index (χ3v) is 3.22. The zero-order valence-electron chi connectivity index (χ0n) is 10.9. The number of carboxylic acid groups (broad SMARTS) is 1. The van der Waals surface area contributed by atoms with Crippen molar-refractivity contribution in [1.82, 2.24) is 0 Å². The minimum Gasteiger partial charge on any atom is -0.478 e. The lowest BCUT2D eigenvalue weighted by Gasteiger charge is -2.19. The second kappa shape index (κ2) is 6.30. The second-order valence-corrected chi connectivity index (χ2v) is 6.27. The molecule has 1 aromatic carbocycles. The van der Waals surface area contributed by atoms with E-state index in [0.29, 0.717) is 9.92 Å². The lowest BCUT2D eigenvalue weighted by Crippen LogP contribution is -2.24. The van der Waals surface area contributed by atoms with Gasteiger partial charge >= 0.3 is 11.9 Å². The number of esters is 1. The van der Waals surface area contributed by atoms with Crippen LogP contribution >= 0.6 is 23.4 Å². The summed E-state index contributed by atoms with van der Waals surface area (Å²) in [5.74, 6) is -1.41. The normalized spacial score (nSPS) is 11.2. The highest BCUT2D eigenvalue weighted by molar-refractivity contribution is 8.00. The van der Waals surface area contributed by atoms with Crippen LogP contribution in [-0.4, -0.2) is 28.4 Å². The molecule has 4 nitrogen and oxygen atoms in total. The molecule has 0 aliphatic carbocycles. The van der Waals surface area contributed by atoms with Crippen LogP contribution in [0.1, 0.15) is 31.1 Å². The van der Waals surface area contributed by atoms with Crippen molar-refractivity contribution in [1.29, 1.82) is 0 Å². The standard InChI is InChI=1S/C13H15ClO4S/c1-13(2,3)18-11(15)7-19-10-5-4-8(14)6-9(10)12(16)17/h4-6H,7H2,1-3H3,(H,16,17). The van der Waals surface area contributed by atoms with Crippen LogP contribution in [-0.2, 0) is 9.53 Å². The molecule has 0 aliphatic rings. The predicted octanol–water partition coefficient (Wildman–Crippen LogP) is 3.47. The Morgan fingerprint density at radius 3 is 2.53 bits per heavy atom. The number of thioether (sulfide) groups is 1. The molecule has 104 valence electrons. The zero-order chi connectivity index (χ0) is 14.6. The lowest BCUT2D eigenvalue weighted by molar-refractivity contribution is -0.151. The summed E-state index contributed by atoms with van der Waals surface area (Å²) in [5.41, 5.74) is -0.464. The highest BCUT2D eigenvalue weighted by Gasteiger charge is 2.18. The third-order valence-electron chi connectivity index (χ3n) is 1.94. The molecule has 0 bridgehead atoms. The van der Waals surface area contributed by atoms with Gasteiger partial charge in [0.2, 0.25) is 0 Å². The number of hydrogen-bond acceptors (Lipinski definition) is 4. The number of aromatic carboxylic acids is 1. The van der Waals surface area contributed by atoms with E-state index in [4.69, 9.17) is 21.4 Å². The van der Waals surface area contributed by atoms with Gasteiger partial charge in [0.05, 0.1) is 11.3 Å². The topological polar surface area (TPSA) is 63.6 Å². The van der Waals surface area contributed by atoms with Crippen LogP contribution in [0.2, 0.25) is 5.02 Å². The summed E-state index contributed by atoms with van der Waals surface area (Å²) in [7, 11) is 0. The number of rotatable bonds is 4. The number of halogens is 1. The Hall–Kier alpha value is -1.20. The van der Waals surface area contributed by atoms with Crippen molar-refractivity contribution >= 4 is 35.3 Å². The van der Waals surface area contributed by atoms with Gasteiger partial charge in [0, 0.05) is 9.92 Å². The second-order valence-electron chi connectivity index (χ2n) is 4.82. The van der Waals surface area contributed by atoms with Crippen molar-refractivity contribution in [3.8, 4) is 0 Å². The van der Waals surface area contributed by atoms with Crippen molar-refractivity contribution < 1.29 is 19.4 Å². The maximum Gasteiger partial charge on any atom is 0.336 e. The van der Waals surface area contributed by atoms with E-state index in [-0.39, 0.29) is 17.3 Å². The first-order valence-electron chi connectivity index (χ1n) is 5.56. The molecule has 0 aliphatic heterocycles. The number of carboxylic acids is 1. The van der Waals surface area contributed by atoms with Gasteiger partial charge in [-0.2, -0.15) is 0 Å². The summed E-state index contributed by atoms with van der Waals surface area (Å²) < 4.78 is 5.15. The lowest BCUT2D eigenvalue weighted by atomic mass is 10.2. The third kappa shape index (κ3) is 5.53. The van der Waals surface area contributed by atoms with E-state index < -0.39 is 11.6 Å². The molecule has 0 fully saturated rings. The van der Waals surface area contributed by atoms with Gasteiger partial charge in [0.25, 0.3) is 0 Å². The Labute approximate surface area is 121 Å². The van der Waals surface area contributed by atoms with Gasteiger partial charge in [-0.05, 0) is 39.0 Å². The molecule has 1 rings (SSSR count). The van der Waals surface area contributed by atoms with Crippen LogP contribution in [0.25, 0.3) is 0 Å². The minimum absolute atomic E-state index is 0.0547. The van der Waals surface area contributed by atoms with Crippen LogP contribution in [0.4, 0.5) is 0 Å². The largest absolute Gasteiger partial charge is 0.478 e. The Morgan fingerprint density at radius 2 is 2.00 bits per heavy atom. The van der Waals surface area contributed by atoms with Gasteiger partial charge < -0.3 is 9.84 Å². The van der Waals surface area contributed by atoms with Gasteiger partial charge in [-0.3, -0.25) is 4.79 Å². The molecule has 0 saturated carbocycles. The number of hydrogen-bond donors (Lipinski definition) is 1. The summed E-state index contributed by atoms with van der Waals surface area (Å²) in [6.45, 7) is 5.33. The molecule has 0 saturated heterocycles. The van der Waals surface area contributed by atoms with Crippen LogP contribution in [0, 0.1) is 0 Å². The number of carbonyl (C=O) groups is 2. The molecule has 0 aromatic heterocycles. The van der Waals surface area contributed by atoms with Gasteiger partial charge in [-0.25, -0.2) is 4.79 Å². The first-order chi connectivity index (χ1) is 8.69. The Balaban J connectivity index is 2.73. The molecule has 0 radical (unpaired) electrons. The molecular formula is C13H15ClO4S. The van der Waals surface area contributed by atoms with Gasteiger partial charge in [0.1, 0.15) is 5.60 Å². The van der Waals surface area contributed by atoms with E-state index in [1.165, 1.54) is 6.07 Å². The van der Waals surface area contributed by atoms with Gasteiger partial charge in [-0.15, -0.1) is 11.8 Å². The van der Waals surface area contributed by atoms with Crippen LogP contribution in [0.5, 0.6) is 0 Å². The smallest absolute Gasteiger partial charge is 0.336 e. The maximum absolute atomic E-state index is 11.6. The molecule has 0 atom stereocenters. The molecule has 0 heterocycles. The first-order valence-corrected chi connectivity index (χ1v) is 6.93. The molecule has 0 amide bonds. The summed E-state index contributed by atoms with van der Waals surface area (Å²) in [6, 6.07) is 4.54. The van der Waals surface area contributed by atoms with E-state index in [2.05, 4.69) is 0 Å². The average molecular weight is 303 g/mol. The zero-order valence-corrected chi connectivity index (χ0v) is 12.5. The summed E-state index contributed by atoms with van der Waals surface area (Å²) in [6.07, 6.45) is 0. The average Bonchev–Trinajstić information content (AvgIpc) is 2.24. The van der Waals surface area contributed by atoms with Crippen molar-refractivity contribution in [2.45, 2.75) is 31.3 Å². The van der Waals surface area contributed by atoms with E-state index in [0.717, 1.165) is 11.8 Å². The quantitative estimate of drug-likeness (QED) is 0.681. The molecule has 6 heteroatoms. The van der Waals surface area contributed by atoms with Crippen molar-refractivity contribution in [2.75, 3.05) is 5.75 Å². The first kappa shape index (κ1) is 15.9. The van der Waals surface area contributed by atoms with Crippen molar-refractivity contribution in [3.05, 3.63) is 28.8 Å². The maximum atomic E-state index is 11.6. The van der Waals surface area contributed by atoms with Crippen molar-refractivity contribution in [2.24, 2.45) is 0 Å². The Kier molecular flexibility index (Phi) is 5.26. The Morgan fingerprint density at radius 1 is 1.37 bits per heavy atom. The number of benzene rings is 1. The highest BCUT2D eigenvalue weighted by atomic mass is 35.5. The fourth-order valence-electron chi connectivity index (χ4n) is 1.30. The summed E-state index contributed by atoms with van der Waals surface area (Å²) in [4.78, 5) is 23.1. The summed E-state index contributed by atoms with van der Waals surface area (Å²) in [5, 5.41) is 9.40. The molecular weight excluding hydrogens is 288 g/mol. The fraction of sp³-hybridized carbons (Fsp3) is 0.385. The SMILES string of the molecule is CC(C)(C)OC(=O)CSc1ccc(Cl)cc1C(=O)O. The summed E-state index contributed by atoms with van der Waals surface area (Å²) >= 11 is 6.87. The Bertz CT molecular complexity index is 494. The molecule has 1 aromatic rings. The van der Waals surface area contributed by atoms with E-state index in [1.807, 2.05) is 0 Å². The molecule has 0 unspecified atom stereocenters. The molecule has 0 spiro atoms. The highest BCUT2D eigenvalue weighted by Crippen LogP contribution is 2.26. The van der Waals surface area contributed by atoms with E-state index in [1.54, 1.807) is 32.9 Å². The van der Waals surface area contributed by atoms with Gasteiger partial charge in [-0.1, -0.05) is 11.6 Å². The van der Waals surface area contributed by atoms with Crippen LogP contribution in [0.3, 0.4) is 0 Å². The van der Waals surface area contributed by atoms with Crippen LogP contribution in [0.15, 0.2) is 23.1 Å². The monoisotopic (exact) mass is 302 g/mol. The minimum atomic E-state index is -1.07. The fourth-order valence-corrected chi connectivity index (χ4v) is 2.27. The van der Waals surface area contributed by atoms with Gasteiger partial charge in [0.15, 0.2) is 0 Å². The molecule has 1 N–H and O–H groups in total. The number of carbonyl (C=O) groups excluding carboxylic acids is 1. The van der Waals surface area contributed by atoms with E-state index >= 15 is 0 Å². The van der Waals surface area contributed by atoms with E-state index in [9.17, 15) is 9.59 Å². The van der Waals surface area contributed by atoms with Crippen molar-refractivity contribution in [3.63, 3.8) is 0 Å². The molecule has 19 heavy (non-hydrogen) atoms. The number of ether oxygens (including phenoxy) is 1. The predicted molar refractivity (Wildman–Crippen MR) is 75.0 cm³/mol.